The Bertz CT molecular complexity index is 1690. The van der Waals surface area contributed by atoms with Gasteiger partial charge < -0.3 is 24.4 Å². The largest absolute Gasteiger partial charge is 0.474 e. The molecule has 46 heavy (non-hydrogen) atoms. The molecular formula is C33H39F2N5O6. The zero-order valence-electron chi connectivity index (χ0n) is 27.1. The number of alkyl halides is 1. The van der Waals surface area contributed by atoms with E-state index in [1.807, 2.05) is 0 Å². The van der Waals surface area contributed by atoms with Gasteiger partial charge in [0.25, 0.3) is 5.91 Å². The van der Waals surface area contributed by atoms with Gasteiger partial charge in [-0.2, -0.15) is 0 Å². The van der Waals surface area contributed by atoms with Crippen LogP contribution < -0.4 is 15.0 Å². The average Bonchev–Trinajstić information content (AvgIpc) is 2.95. The van der Waals surface area contributed by atoms with E-state index in [1.165, 1.54) is 34.3 Å². The van der Waals surface area contributed by atoms with Crippen LogP contribution in [0.4, 0.5) is 29.9 Å². The Morgan fingerprint density at radius 2 is 1.54 bits per heavy atom. The van der Waals surface area contributed by atoms with E-state index in [1.54, 1.807) is 54.5 Å². The van der Waals surface area contributed by atoms with Gasteiger partial charge in [0.2, 0.25) is 5.88 Å². The topological polar surface area (TPSA) is 123 Å². The zero-order valence-corrected chi connectivity index (χ0v) is 27.1. The van der Waals surface area contributed by atoms with Gasteiger partial charge in [0.05, 0.1) is 6.54 Å². The second-order valence-electron chi connectivity index (χ2n) is 13.6. The number of piperidine rings is 1. The second kappa shape index (κ2) is 12.0. The summed E-state index contributed by atoms with van der Waals surface area (Å²) in [5, 5.41) is 3.54. The van der Waals surface area contributed by atoms with Gasteiger partial charge in [0, 0.05) is 54.8 Å². The maximum atomic E-state index is 15.7. The highest BCUT2D eigenvalue weighted by atomic mass is 19.1. The lowest BCUT2D eigenvalue weighted by Crippen LogP contribution is -2.51. The number of pyridine rings is 2. The summed E-state index contributed by atoms with van der Waals surface area (Å²) in [6.07, 6.45) is 1.36. The fourth-order valence-corrected chi connectivity index (χ4v) is 5.38. The highest BCUT2D eigenvalue weighted by Gasteiger charge is 2.43. The lowest BCUT2D eigenvalue weighted by Gasteiger charge is -2.36. The van der Waals surface area contributed by atoms with Crippen LogP contribution in [-0.4, -0.2) is 76.1 Å². The maximum Gasteiger partial charge on any atom is 0.415 e. The van der Waals surface area contributed by atoms with Crippen LogP contribution in [0.3, 0.4) is 0 Å². The molecule has 3 amide bonds. The summed E-state index contributed by atoms with van der Waals surface area (Å²) in [5.41, 5.74) is -2.03. The third-order valence-electron chi connectivity index (χ3n) is 7.66. The lowest BCUT2D eigenvalue weighted by atomic mass is 9.92. The Balaban J connectivity index is 1.38. The van der Waals surface area contributed by atoms with Gasteiger partial charge >= 0.3 is 12.2 Å². The number of halogens is 2. The average molecular weight is 640 g/mol. The predicted molar refractivity (Wildman–Crippen MR) is 168 cm³/mol. The minimum atomic E-state index is -2.21. The summed E-state index contributed by atoms with van der Waals surface area (Å²) in [6, 6.07) is 4.43. The Morgan fingerprint density at radius 1 is 0.891 bits per heavy atom. The van der Waals surface area contributed by atoms with Crippen molar-refractivity contribution in [2.45, 2.75) is 78.2 Å². The van der Waals surface area contributed by atoms with Crippen molar-refractivity contribution in [2.24, 2.45) is 0 Å². The van der Waals surface area contributed by atoms with Crippen LogP contribution in [0.5, 0.6) is 5.88 Å². The third kappa shape index (κ3) is 6.97. The molecule has 0 aliphatic carbocycles. The number of aromatic nitrogens is 2. The normalized spacial score (nSPS) is 16.4. The monoisotopic (exact) mass is 639 g/mol. The molecule has 2 aliphatic heterocycles. The number of ether oxygens (including phenoxy) is 3. The predicted octanol–water partition coefficient (Wildman–Crippen LogP) is 6.56. The van der Waals surface area contributed by atoms with Crippen LogP contribution in [-0.2, 0) is 14.3 Å². The first-order valence-electron chi connectivity index (χ1n) is 15.1. The standard InChI is InChI=1S/C33H39F2N5O6/c1-19-23(18-37-27-26(19)40(12-13-44-27)30(43)46-32(5,6)7)22-14-20-16-25(36-17-21(20)15-24(22)34)38-28(41)33(35)8-10-39(11-9-33)29(42)45-31(2,3)4/h14-18H,8-13H2,1-7H3,(H,36,38,41). The summed E-state index contributed by atoms with van der Waals surface area (Å²) < 4.78 is 47.9. The number of anilines is 2. The lowest BCUT2D eigenvalue weighted by molar-refractivity contribution is -0.130. The first-order chi connectivity index (χ1) is 21.4. The molecule has 3 aromatic rings. The molecule has 0 unspecified atom stereocenters. The van der Waals surface area contributed by atoms with Crippen LogP contribution in [0.2, 0.25) is 0 Å². The van der Waals surface area contributed by atoms with E-state index in [9.17, 15) is 14.4 Å². The summed E-state index contributed by atoms with van der Waals surface area (Å²) in [7, 11) is 0. The van der Waals surface area contributed by atoms with Crippen molar-refractivity contribution in [3.05, 3.63) is 42.0 Å². The van der Waals surface area contributed by atoms with Crippen molar-refractivity contribution in [1.82, 2.24) is 14.9 Å². The van der Waals surface area contributed by atoms with E-state index >= 15 is 8.78 Å². The van der Waals surface area contributed by atoms with Crippen molar-refractivity contribution in [3.8, 4) is 17.0 Å². The van der Waals surface area contributed by atoms with Crippen LogP contribution >= 0.6 is 0 Å². The van der Waals surface area contributed by atoms with Gasteiger partial charge in [0.15, 0.2) is 5.67 Å². The number of hydrogen-bond acceptors (Lipinski definition) is 8. The Kier molecular flexibility index (Phi) is 8.56. The maximum absolute atomic E-state index is 15.7. The minimum absolute atomic E-state index is 0.0250. The molecule has 2 aliphatic rings. The van der Waals surface area contributed by atoms with Gasteiger partial charge in [-0.15, -0.1) is 0 Å². The van der Waals surface area contributed by atoms with Crippen molar-refractivity contribution in [3.63, 3.8) is 0 Å². The van der Waals surface area contributed by atoms with E-state index in [4.69, 9.17) is 14.2 Å². The van der Waals surface area contributed by atoms with Crippen LogP contribution in [0.25, 0.3) is 21.9 Å². The highest BCUT2D eigenvalue weighted by Crippen LogP contribution is 2.40. The van der Waals surface area contributed by atoms with E-state index in [0.717, 1.165) is 0 Å². The summed E-state index contributed by atoms with van der Waals surface area (Å²) in [6.45, 7) is 12.8. The van der Waals surface area contributed by atoms with Crippen molar-refractivity contribution < 1.29 is 37.4 Å². The molecule has 1 saturated heterocycles. The summed E-state index contributed by atoms with van der Waals surface area (Å²) in [4.78, 5) is 49.8. The molecule has 1 N–H and O–H groups in total. The molecule has 13 heteroatoms. The third-order valence-corrected chi connectivity index (χ3v) is 7.66. The number of carbonyl (C=O) groups excluding carboxylic acids is 3. The molecule has 0 saturated carbocycles. The molecule has 2 aromatic heterocycles. The number of hydrogen-bond donors (Lipinski definition) is 1. The van der Waals surface area contributed by atoms with E-state index in [2.05, 4.69) is 15.3 Å². The minimum Gasteiger partial charge on any atom is -0.474 e. The molecule has 0 bridgehead atoms. The van der Waals surface area contributed by atoms with E-state index in [0.29, 0.717) is 27.6 Å². The first-order valence-corrected chi connectivity index (χ1v) is 15.1. The molecule has 1 fully saturated rings. The van der Waals surface area contributed by atoms with Crippen molar-refractivity contribution in [1.29, 1.82) is 0 Å². The van der Waals surface area contributed by atoms with Crippen molar-refractivity contribution in [2.75, 3.05) is 36.5 Å². The molecule has 0 spiro atoms. The first kappa shape index (κ1) is 32.8. The summed E-state index contributed by atoms with van der Waals surface area (Å²) in [5.74, 6) is -1.09. The Hall–Kier alpha value is -4.55. The number of nitrogens with zero attached hydrogens (tertiary/aromatic N) is 4. The second-order valence-corrected chi connectivity index (χ2v) is 13.6. The van der Waals surface area contributed by atoms with Gasteiger partial charge in [-0.3, -0.25) is 9.69 Å². The molecule has 0 atom stereocenters. The fourth-order valence-electron chi connectivity index (χ4n) is 5.38. The molecule has 0 radical (unpaired) electrons. The zero-order chi connectivity index (χ0) is 33.6. The number of fused-ring (bicyclic) bond motifs is 2. The number of rotatable bonds is 3. The quantitative estimate of drug-likeness (QED) is 0.342. The Morgan fingerprint density at radius 3 is 2.20 bits per heavy atom. The highest BCUT2D eigenvalue weighted by molar-refractivity contribution is 5.99. The number of benzene rings is 1. The smallest absolute Gasteiger partial charge is 0.415 e. The number of likely N-dealkylation sites (tertiary alicyclic amines) is 1. The van der Waals surface area contributed by atoms with E-state index < -0.39 is 40.8 Å². The van der Waals surface area contributed by atoms with E-state index in [-0.39, 0.29) is 56.3 Å². The van der Waals surface area contributed by atoms with Crippen molar-refractivity contribution >= 4 is 40.4 Å². The van der Waals surface area contributed by atoms with Gasteiger partial charge in [-0.05, 0) is 77.6 Å². The molecule has 4 heterocycles. The van der Waals surface area contributed by atoms with Gasteiger partial charge in [-0.1, -0.05) is 0 Å². The van der Waals surface area contributed by atoms with Gasteiger partial charge in [-0.25, -0.2) is 28.3 Å². The number of carbonyl (C=O) groups is 3. The summed E-state index contributed by atoms with van der Waals surface area (Å²) >= 11 is 0. The SMILES string of the molecule is Cc1c(-c2cc3cc(NC(=O)C4(F)CCN(C(=O)OC(C)(C)C)CC4)ncc3cc2F)cnc2c1N(C(=O)OC(C)(C)C)CCO2. The number of nitrogens with one attached hydrogen (secondary N) is 1. The molecule has 1 aromatic carbocycles. The van der Waals surface area contributed by atoms with Crippen LogP contribution in [0.15, 0.2) is 30.6 Å². The molecular weight excluding hydrogens is 600 g/mol. The number of amides is 3. The van der Waals surface area contributed by atoms with Crippen LogP contribution in [0, 0.1) is 12.7 Å². The van der Waals surface area contributed by atoms with Crippen LogP contribution in [0.1, 0.15) is 59.9 Å². The molecule has 246 valence electrons. The fraction of sp³-hybridized carbons (Fsp3) is 0.485. The molecule has 5 rings (SSSR count). The van der Waals surface area contributed by atoms with Gasteiger partial charge in [0.1, 0.15) is 35.1 Å². The Labute approximate surface area is 266 Å². The molecule has 11 nitrogen and oxygen atoms in total.